The van der Waals surface area contributed by atoms with Crippen molar-refractivity contribution in [3.05, 3.63) is 139 Å². The van der Waals surface area contributed by atoms with Crippen LogP contribution in [0, 0.1) is 0 Å². The van der Waals surface area contributed by atoms with Crippen LogP contribution < -0.4 is 0 Å². The number of benzene rings is 6. The standard InChI is InChI=1S/C39H27NS/c1-39(2)31-19-20-33-38(37(31)28-18-17-25(21-32(28)39)24-11-5-3-6-12-24)30-22-29-27-15-9-10-16-35(27)41-36(29)23-34(30)40(33)26-13-7-4-8-14-26/h3-23H,1-2H3. The molecular weight excluding hydrogens is 515 g/mol. The molecule has 0 spiro atoms. The molecule has 2 heterocycles. The van der Waals surface area contributed by atoms with E-state index in [9.17, 15) is 0 Å². The van der Waals surface area contributed by atoms with Crippen molar-refractivity contribution in [3.63, 3.8) is 0 Å². The van der Waals surface area contributed by atoms with Crippen LogP contribution >= 0.6 is 11.3 Å². The Hall–Kier alpha value is -4.66. The van der Waals surface area contributed by atoms with E-state index in [1.807, 2.05) is 11.3 Å². The van der Waals surface area contributed by atoms with Gasteiger partial charge in [-0.1, -0.05) is 98.8 Å². The molecule has 0 aliphatic heterocycles. The number of thiophene rings is 1. The highest BCUT2D eigenvalue weighted by Crippen LogP contribution is 2.54. The molecule has 0 saturated heterocycles. The fourth-order valence-electron chi connectivity index (χ4n) is 7.22. The molecule has 0 fully saturated rings. The molecule has 1 aliphatic rings. The molecule has 0 radical (unpaired) electrons. The molecule has 41 heavy (non-hydrogen) atoms. The first-order valence-electron chi connectivity index (χ1n) is 14.3. The van der Waals surface area contributed by atoms with Crippen LogP contribution in [0.5, 0.6) is 0 Å². The summed E-state index contributed by atoms with van der Waals surface area (Å²) in [6.07, 6.45) is 0. The Morgan fingerprint density at radius 3 is 2.12 bits per heavy atom. The third-order valence-electron chi connectivity index (χ3n) is 9.19. The molecule has 0 amide bonds. The minimum absolute atomic E-state index is 0.0933. The summed E-state index contributed by atoms with van der Waals surface area (Å²) < 4.78 is 5.15. The van der Waals surface area contributed by atoms with Gasteiger partial charge in [0.1, 0.15) is 0 Å². The first kappa shape index (κ1) is 23.1. The molecule has 1 nitrogen and oxygen atoms in total. The van der Waals surface area contributed by atoms with Gasteiger partial charge in [0.2, 0.25) is 0 Å². The summed E-state index contributed by atoms with van der Waals surface area (Å²) >= 11 is 1.89. The van der Waals surface area contributed by atoms with Crippen molar-refractivity contribution >= 4 is 53.3 Å². The molecule has 0 atom stereocenters. The van der Waals surface area contributed by atoms with Crippen molar-refractivity contribution in [2.75, 3.05) is 0 Å². The monoisotopic (exact) mass is 541 g/mol. The summed E-state index contributed by atoms with van der Waals surface area (Å²) in [5.74, 6) is 0. The zero-order valence-corrected chi connectivity index (χ0v) is 23.8. The minimum atomic E-state index is -0.0933. The maximum Gasteiger partial charge on any atom is 0.0555 e. The highest BCUT2D eigenvalue weighted by atomic mass is 32.1. The average molecular weight is 542 g/mol. The van der Waals surface area contributed by atoms with Crippen molar-refractivity contribution < 1.29 is 0 Å². The second-order valence-electron chi connectivity index (χ2n) is 11.8. The van der Waals surface area contributed by atoms with Crippen LogP contribution in [0.1, 0.15) is 25.0 Å². The largest absolute Gasteiger partial charge is 0.309 e. The number of hydrogen-bond acceptors (Lipinski definition) is 1. The summed E-state index contributed by atoms with van der Waals surface area (Å²) in [7, 11) is 0. The molecule has 8 aromatic rings. The van der Waals surface area contributed by atoms with Crippen molar-refractivity contribution in [3.8, 4) is 27.9 Å². The Kier molecular flexibility index (Phi) is 4.61. The van der Waals surface area contributed by atoms with Gasteiger partial charge in [-0.05, 0) is 75.8 Å². The summed E-state index contributed by atoms with van der Waals surface area (Å²) in [6, 6.07) is 47.1. The van der Waals surface area contributed by atoms with Gasteiger partial charge < -0.3 is 4.57 Å². The van der Waals surface area contributed by atoms with Gasteiger partial charge in [-0.25, -0.2) is 0 Å². The third-order valence-corrected chi connectivity index (χ3v) is 10.3. The van der Waals surface area contributed by atoms with E-state index in [1.165, 1.54) is 81.0 Å². The molecule has 6 aromatic carbocycles. The number of hydrogen-bond donors (Lipinski definition) is 0. The van der Waals surface area contributed by atoms with Crippen LogP contribution in [0.15, 0.2) is 127 Å². The van der Waals surface area contributed by atoms with Gasteiger partial charge in [-0.15, -0.1) is 11.3 Å². The Morgan fingerprint density at radius 1 is 0.537 bits per heavy atom. The van der Waals surface area contributed by atoms with Crippen LogP contribution in [0.2, 0.25) is 0 Å². The van der Waals surface area contributed by atoms with E-state index < -0.39 is 0 Å². The topological polar surface area (TPSA) is 4.93 Å². The summed E-state index contributed by atoms with van der Waals surface area (Å²) in [5, 5.41) is 5.38. The predicted octanol–water partition coefficient (Wildman–Crippen LogP) is 11.1. The van der Waals surface area contributed by atoms with E-state index in [-0.39, 0.29) is 5.41 Å². The molecule has 0 saturated carbocycles. The van der Waals surface area contributed by atoms with Crippen molar-refractivity contribution in [2.45, 2.75) is 19.3 Å². The Bertz CT molecular complexity index is 2320. The Morgan fingerprint density at radius 2 is 1.29 bits per heavy atom. The van der Waals surface area contributed by atoms with Crippen molar-refractivity contribution in [2.24, 2.45) is 0 Å². The number of aromatic nitrogens is 1. The predicted molar refractivity (Wildman–Crippen MR) is 177 cm³/mol. The van der Waals surface area contributed by atoms with E-state index in [1.54, 1.807) is 0 Å². The molecular formula is C39H27NS. The van der Waals surface area contributed by atoms with E-state index in [2.05, 4.69) is 146 Å². The van der Waals surface area contributed by atoms with Crippen LogP contribution in [-0.4, -0.2) is 4.57 Å². The van der Waals surface area contributed by atoms with Gasteiger partial charge in [0.25, 0.3) is 0 Å². The SMILES string of the molecule is CC1(C)c2cc(-c3ccccc3)ccc2-c2c1ccc1c2c2cc3c(cc2n1-c1ccccc1)sc1ccccc13. The van der Waals surface area contributed by atoms with E-state index in [4.69, 9.17) is 0 Å². The second kappa shape index (κ2) is 8.19. The second-order valence-corrected chi connectivity index (χ2v) is 12.9. The van der Waals surface area contributed by atoms with E-state index in [0.29, 0.717) is 0 Å². The number of para-hydroxylation sites is 1. The lowest BCUT2D eigenvalue weighted by Gasteiger charge is -2.22. The highest BCUT2D eigenvalue weighted by molar-refractivity contribution is 7.25. The fraction of sp³-hybridized carbons (Fsp3) is 0.0769. The number of fused-ring (bicyclic) bond motifs is 10. The lowest BCUT2D eigenvalue weighted by molar-refractivity contribution is 0.661. The molecule has 2 aromatic heterocycles. The fourth-order valence-corrected chi connectivity index (χ4v) is 8.34. The molecule has 9 rings (SSSR count). The van der Waals surface area contributed by atoms with Gasteiger partial charge >= 0.3 is 0 Å². The molecule has 0 N–H and O–H groups in total. The zero-order valence-electron chi connectivity index (χ0n) is 23.0. The van der Waals surface area contributed by atoms with Gasteiger partial charge in [-0.2, -0.15) is 0 Å². The molecule has 2 heteroatoms. The Labute approximate surface area is 242 Å². The highest BCUT2D eigenvalue weighted by Gasteiger charge is 2.38. The lowest BCUT2D eigenvalue weighted by Crippen LogP contribution is -2.15. The smallest absolute Gasteiger partial charge is 0.0555 e. The van der Waals surface area contributed by atoms with Crippen molar-refractivity contribution in [1.29, 1.82) is 0 Å². The van der Waals surface area contributed by atoms with Gasteiger partial charge in [0.05, 0.1) is 11.0 Å². The van der Waals surface area contributed by atoms with Crippen LogP contribution in [0.4, 0.5) is 0 Å². The van der Waals surface area contributed by atoms with Crippen LogP contribution in [0.3, 0.4) is 0 Å². The third kappa shape index (κ3) is 3.11. The first-order valence-corrected chi connectivity index (χ1v) is 15.1. The molecule has 0 unspecified atom stereocenters. The number of nitrogens with zero attached hydrogens (tertiary/aromatic N) is 1. The first-order chi connectivity index (χ1) is 20.1. The summed E-state index contributed by atoms with van der Waals surface area (Å²) in [4.78, 5) is 0. The van der Waals surface area contributed by atoms with Crippen LogP contribution in [0.25, 0.3) is 69.9 Å². The summed E-state index contributed by atoms with van der Waals surface area (Å²) in [5.41, 5.74) is 11.7. The van der Waals surface area contributed by atoms with E-state index in [0.717, 1.165) is 0 Å². The van der Waals surface area contributed by atoms with E-state index >= 15 is 0 Å². The molecule has 0 bridgehead atoms. The van der Waals surface area contributed by atoms with Gasteiger partial charge in [-0.3, -0.25) is 0 Å². The normalized spacial score (nSPS) is 13.8. The summed E-state index contributed by atoms with van der Waals surface area (Å²) in [6.45, 7) is 4.78. The minimum Gasteiger partial charge on any atom is -0.309 e. The maximum atomic E-state index is 2.47. The van der Waals surface area contributed by atoms with Crippen LogP contribution in [-0.2, 0) is 5.41 Å². The molecule has 194 valence electrons. The molecule has 1 aliphatic carbocycles. The van der Waals surface area contributed by atoms with Gasteiger partial charge in [0, 0.05) is 42.0 Å². The van der Waals surface area contributed by atoms with Crippen molar-refractivity contribution in [1.82, 2.24) is 4.57 Å². The maximum absolute atomic E-state index is 2.47. The quantitative estimate of drug-likeness (QED) is 0.205. The lowest BCUT2D eigenvalue weighted by atomic mass is 9.81. The average Bonchev–Trinajstić information content (AvgIpc) is 3.62. The Balaban J connectivity index is 1.43. The number of rotatable bonds is 2. The zero-order chi connectivity index (χ0) is 27.3. The van der Waals surface area contributed by atoms with Gasteiger partial charge in [0.15, 0.2) is 0 Å².